The second-order valence-corrected chi connectivity index (χ2v) is 9.71. The van der Waals surface area contributed by atoms with Gasteiger partial charge in [0.2, 0.25) is 0 Å². The number of anilines is 4. The smallest absolute Gasteiger partial charge is 0.0557 e. The molecule has 0 aromatic heterocycles. The van der Waals surface area contributed by atoms with Crippen molar-refractivity contribution in [3.8, 4) is 0 Å². The summed E-state index contributed by atoms with van der Waals surface area (Å²) in [5.74, 6) is 0. The molecule has 2 fully saturated rings. The fraction of sp³-hybridized carbons (Fsp3) is 0.478. The van der Waals surface area contributed by atoms with E-state index in [4.69, 9.17) is 0 Å². The van der Waals surface area contributed by atoms with E-state index in [9.17, 15) is 0 Å². The van der Waals surface area contributed by atoms with Crippen molar-refractivity contribution in [3.05, 3.63) is 35.9 Å². The Labute approximate surface area is 178 Å². The highest BCUT2D eigenvalue weighted by Crippen LogP contribution is 2.48. The maximum atomic E-state index is 3.71. The van der Waals surface area contributed by atoms with Crippen LogP contribution in [0.3, 0.4) is 0 Å². The number of nitrogens with zero attached hydrogens (tertiary/aromatic N) is 4. The van der Waals surface area contributed by atoms with Gasteiger partial charge in [0.05, 0.1) is 11.4 Å². The van der Waals surface area contributed by atoms with E-state index in [1.165, 1.54) is 38.1 Å². The Bertz CT molecular complexity index is 898. The highest BCUT2D eigenvalue weighted by Gasteiger charge is 2.23. The molecule has 1 N–H and O–H groups in total. The summed E-state index contributed by atoms with van der Waals surface area (Å²) in [4.78, 5) is 12.6. The van der Waals surface area contributed by atoms with Crippen LogP contribution in [-0.2, 0) is 0 Å². The summed E-state index contributed by atoms with van der Waals surface area (Å²) in [6.07, 6.45) is 0. The summed E-state index contributed by atoms with van der Waals surface area (Å²) in [7, 11) is 4.42. The van der Waals surface area contributed by atoms with E-state index in [1.54, 1.807) is 0 Å². The molecule has 0 bridgehead atoms. The molecule has 3 aliphatic rings. The molecule has 2 aromatic carbocycles. The first-order chi connectivity index (χ1) is 14.1. The van der Waals surface area contributed by atoms with Gasteiger partial charge in [-0.2, -0.15) is 0 Å². The first-order valence-corrected chi connectivity index (χ1v) is 11.5. The van der Waals surface area contributed by atoms with E-state index in [0.717, 1.165) is 52.4 Å². The van der Waals surface area contributed by atoms with Gasteiger partial charge in [-0.15, -0.1) is 0 Å². The largest absolute Gasteiger partial charge is 0.369 e. The summed E-state index contributed by atoms with van der Waals surface area (Å²) in [5, 5.41) is 3.71. The van der Waals surface area contributed by atoms with Crippen LogP contribution in [-0.4, -0.2) is 76.3 Å². The second kappa shape index (κ2) is 7.74. The van der Waals surface area contributed by atoms with Crippen LogP contribution in [0.1, 0.15) is 5.56 Å². The Balaban J connectivity index is 1.40. The van der Waals surface area contributed by atoms with Crippen LogP contribution in [0.25, 0.3) is 0 Å². The monoisotopic (exact) mass is 409 g/mol. The van der Waals surface area contributed by atoms with Gasteiger partial charge < -0.3 is 24.9 Å². The zero-order valence-electron chi connectivity index (χ0n) is 17.7. The van der Waals surface area contributed by atoms with Gasteiger partial charge in [-0.1, -0.05) is 11.8 Å². The van der Waals surface area contributed by atoms with Crippen molar-refractivity contribution in [2.45, 2.75) is 16.7 Å². The van der Waals surface area contributed by atoms with Gasteiger partial charge in [0.1, 0.15) is 0 Å². The minimum atomic E-state index is 1.11. The molecule has 0 unspecified atom stereocenters. The normalized spacial score (nSPS) is 20.2. The van der Waals surface area contributed by atoms with Gasteiger partial charge in [0, 0.05) is 73.5 Å². The molecule has 29 heavy (non-hydrogen) atoms. The van der Waals surface area contributed by atoms with Gasteiger partial charge in [-0.25, -0.2) is 0 Å². The average Bonchev–Trinajstić information content (AvgIpc) is 2.73. The zero-order valence-corrected chi connectivity index (χ0v) is 18.6. The molecule has 0 atom stereocenters. The van der Waals surface area contributed by atoms with Crippen LogP contribution in [0.2, 0.25) is 0 Å². The van der Waals surface area contributed by atoms with Crippen LogP contribution < -0.4 is 15.1 Å². The Morgan fingerprint density at radius 2 is 1.31 bits per heavy atom. The van der Waals surface area contributed by atoms with Crippen molar-refractivity contribution in [2.75, 3.05) is 81.6 Å². The molecule has 6 heteroatoms. The number of nitrogens with one attached hydrogen (secondary N) is 1. The summed E-state index contributed by atoms with van der Waals surface area (Å²) in [6.45, 7) is 11.2. The Kier molecular flexibility index (Phi) is 5.10. The first-order valence-electron chi connectivity index (χ1n) is 10.7. The number of piperazine rings is 2. The maximum absolute atomic E-state index is 3.71. The molecule has 0 amide bonds. The number of aryl methyl sites for hydroxylation is 1. The fourth-order valence-electron chi connectivity index (χ4n) is 4.44. The maximum Gasteiger partial charge on any atom is 0.0557 e. The molecular formula is C23H31N5S. The SMILES string of the molecule is Cc1cc(N2CCN(C)CC2)cc2c1Nc1ccc(N3CCN(C)CC3)cc1S2. The van der Waals surface area contributed by atoms with Crippen molar-refractivity contribution in [2.24, 2.45) is 0 Å². The Hall–Kier alpha value is -1.89. The molecule has 154 valence electrons. The molecular weight excluding hydrogens is 378 g/mol. The van der Waals surface area contributed by atoms with Crippen molar-refractivity contribution >= 4 is 34.5 Å². The zero-order chi connectivity index (χ0) is 20.0. The van der Waals surface area contributed by atoms with E-state index in [1.807, 2.05) is 11.8 Å². The topological polar surface area (TPSA) is 25.0 Å². The third kappa shape index (κ3) is 3.81. The predicted molar refractivity (Wildman–Crippen MR) is 124 cm³/mol. The first kappa shape index (κ1) is 19.1. The summed E-state index contributed by atoms with van der Waals surface area (Å²) in [6, 6.07) is 11.6. The van der Waals surface area contributed by atoms with Crippen LogP contribution in [0.5, 0.6) is 0 Å². The molecule has 5 rings (SSSR count). The van der Waals surface area contributed by atoms with E-state index < -0.39 is 0 Å². The molecule has 2 aromatic rings. The van der Waals surface area contributed by atoms with Crippen LogP contribution in [0.15, 0.2) is 40.1 Å². The van der Waals surface area contributed by atoms with Gasteiger partial charge in [0.15, 0.2) is 0 Å². The van der Waals surface area contributed by atoms with Gasteiger partial charge in [0.25, 0.3) is 0 Å². The van der Waals surface area contributed by atoms with Gasteiger partial charge in [-0.3, -0.25) is 0 Å². The van der Waals surface area contributed by atoms with Crippen LogP contribution in [0.4, 0.5) is 22.7 Å². The number of likely N-dealkylation sites (N-methyl/N-ethyl adjacent to an activating group) is 2. The number of fused-ring (bicyclic) bond motifs is 2. The summed E-state index contributed by atoms with van der Waals surface area (Å²) >= 11 is 1.92. The van der Waals surface area contributed by atoms with Crippen LogP contribution >= 0.6 is 11.8 Å². The predicted octanol–water partition coefficient (Wildman–Crippen LogP) is 3.71. The molecule has 2 saturated heterocycles. The van der Waals surface area contributed by atoms with E-state index in [-0.39, 0.29) is 0 Å². The lowest BCUT2D eigenvalue weighted by Crippen LogP contribution is -2.44. The number of hydrogen-bond donors (Lipinski definition) is 1. The minimum Gasteiger partial charge on any atom is -0.369 e. The van der Waals surface area contributed by atoms with E-state index in [0.29, 0.717) is 0 Å². The van der Waals surface area contributed by atoms with E-state index in [2.05, 4.69) is 76.3 Å². The van der Waals surface area contributed by atoms with Crippen molar-refractivity contribution in [1.82, 2.24) is 9.80 Å². The molecule has 0 spiro atoms. The highest BCUT2D eigenvalue weighted by molar-refractivity contribution is 7.99. The van der Waals surface area contributed by atoms with E-state index >= 15 is 0 Å². The molecule has 5 nitrogen and oxygen atoms in total. The molecule has 3 aliphatic heterocycles. The molecule has 0 saturated carbocycles. The van der Waals surface area contributed by atoms with Crippen molar-refractivity contribution in [3.63, 3.8) is 0 Å². The van der Waals surface area contributed by atoms with Crippen molar-refractivity contribution in [1.29, 1.82) is 0 Å². The quantitative estimate of drug-likeness (QED) is 0.693. The lowest BCUT2D eigenvalue weighted by molar-refractivity contribution is 0.313. The molecule has 3 heterocycles. The minimum absolute atomic E-state index is 1.11. The Morgan fingerprint density at radius 3 is 1.97 bits per heavy atom. The van der Waals surface area contributed by atoms with Crippen LogP contribution in [0, 0.1) is 6.92 Å². The third-order valence-corrected chi connectivity index (χ3v) is 7.57. The Morgan fingerprint density at radius 1 is 0.724 bits per heavy atom. The highest BCUT2D eigenvalue weighted by atomic mass is 32.2. The average molecular weight is 410 g/mol. The lowest BCUT2D eigenvalue weighted by atomic mass is 10.1. The summed E-state index contributed by atoms with van der Waals surface area (Å²) in [5.41, 5.74) is 6.55. The number of benzene rings is 2. The van der Waals surface area contributed by atoms with Gasteiger partial charge >= 0.3 is 0 Å². The third-order valence-electron chi connectivity index (χ3n) is 6.47. The fourth-order valence-corrected chi connectivity index (χ4v) is 5.58. The lowest BCUT2D eigenvalue weighted by Gasteiger charge is -2.36. The summed E-state index contributed by atoms with van der Waals surface area (Å²) < 4.78 is 0. The molecule has 0 radical (unpaired) electrons. The number of rotatable bonds is 2. The molecule has 0 aliphatic carbocycles. The standard InChI is InChI=1S/C23H31N5S/c1-17-14-19(28-12-8-26(3)9-13-28)16-22-23(17)24-20-5-4-18(15-21(20)29-22)27-10-6-25(2)7-11-27/h4-5,14-16,24H,6-13H2,1-3H3. The van der Waals surface area contributed by atoms with Gasteiger partial charge in [-0.05, 0) is 56.9 Å². The number of hydrogen-bond acceptors (Lipinski definition) is 6. The van der Waals surface area contributed by atoms with Crippen molar-refractivity contribution < 1.29 is 0 Å². The second-order valence-electron chi connectivity index (χ2n) is 8.62.